The van der Waals surface area contributed by atoms with Gasteiger partial charge in [-0.2, -0.15) is 5.26 Å². The number of benzene rings is 2. The highest BCUT2D eigenvalue weighted by atomic mass is 16.3. The predicted octanol–water partition coefficient (Wildman–Crippen LogP) is 2.50. The molecule has 0 amide bonds. The van der Waals surface area contributed by atoms with Crippen molar-refractivity contribution in [1.29, 1.82) is 5.26 Å². The number of rotatable bonds is 1. The summed E-state index contributed by atoms with van der Waals surface area (Å²) in [5.41, 5.74) is 2.00. The van der Waals surface area contributed by atoms with Gasteiger partial charge in [-0.3, -0.25) is 4.79 Å². The van der Waals surface area contributed by atoms with Crippen molar-refractivity contribution in [2.24, 2.45) is 0 Å². The molecule has 2 N–H and O–H groups in total. The van der Waals surface area contributed by atoms with Crippen molar-refractivity contribution in [3.8, 4) is 17.4 Å². The summed E-state index contributed by atoms with van der Waals surface area (Å²) in [6, 6.07) is 13.4. The molecule has 0 unspecified atom stereocenters. The second kappa shape index (κ2) is 4.71. The van der Waals surface area contributed by atoms with Gasteiger partial charge in [-0.25, -0.2) is 4.79 Å². The SMILES string of the molecule is N#Cc1ccc(-c2cc(=O)c3ccc4[nH]c(=O)[nH]c4c3o2)cc1. The van der Waals surface area contributed by atoms with Crippen molar-refractivity contribution in [2.75, 3.05) is 0 Å². The minimum absolute atomic E-state index is 0.199. The van der Waals surface area contributed by atoms with Crippen LogP contribution < -0.4 is 11.1 Å². The van der Waals surface area contributed by atoms with Gasteiger partial charge >= 0.3 is 5.69 Å². The number of aromatic amines is 2. The number of nitrogens with one attached hydrogen (secondary N) is 2. The van der Waals surface area contributed by atoms with E-state index in [4.69, 9.17) is 9.68 Å². The molecule has 0 bridgehead atoms. The van der Waals surface area contributed by atoms with Crippen LogP contribution in [0.3, 0.4) is 0 Å². The summed E-state index contributed by atoms with van der Waals surface area (Å²) in [5, 5.41) is 9.24. The highest BCUT2D eigenvalue weighted by Gasteiger charge is 2.11. The van der Waals surface area contributed by atoms with Crippen LogP contribution in [-0.2, 0) is 0 Å². The van der Waals surface area contributed by atoms with E-state index in [1.54, 1.807) is 36.4 Å². The van der Waals surface area contributed by atoms with E-state index >= 15 is 0 Å². The Morgan fingerprint density at radius 1 is 1.00 bits per heavy atom. The van der Waals surface area contributed by atoms with Gasteiger partial charge in [0.15, 0.2) is 11.0 Å². The monoisotopic (exact) mass is 303 g/mol. The molecule has 23 heavy (non-hydrogen) atoms. The van der Waals surface area contributed by atoms with E-state index in [0.29, 0.717) is 38.9 Å². The van der Waals surface area contributed by atoms with Crippen LogP contribution in [0.4, 0.5) is 0 Å². The van der Waals surface area contributed by atoms with Crippen molar-refractivity contribution < 1.29 is 4.42 Å². The van der Waals surface area contributed by atoms with Crippen LogP contribution in [0.15, 0.2) is 56.5 Å². The Hall–Kier alpha value is -3.59. The smallest absolute Gasteiger partial charge is 0.323 e. The van der Waals surface area contributed by atoms with Gasteiger partial charge in [0.1, 0.15) is 11.3 Å². The lowest BCUT2D eigenvalue weighted by molar-refractivity contribution is 0.621. The van der Waals surface area contributed by atoms with Crippen LogP contribution >= 0.6 is 0 Å². The third-order valence-corrected chi connectivity index (χ3v) is 3.68. The highest BCUT2D eigenvalue weighted by molar-refractivity contribution is 6.00. The zero-order valence-electron chi connectivity index (χ0n) is 11.7. The fraction of sp³-hybridized carbons (Fsp3) is 0. The summed E-state index contributed by atoms with van der Waals surface area (Å²) >= 11 is 0. The lowest BCUT2D eigenvalue weighted by Gasteiger charge is -2.04. The number of nitriles is 1. The maximum atomic E-state index is 12.3. The molecule has 2 heterocycles. The molecule has 0 atom stereocenters. The first-order valence-electron chi connectivity index (χ1n) is 6.85. The van der Waals surface area contributed by atoms with Gasteiger partial charge < -0.3 is 14.4 Å². The molecule has 2 aromatic carbocycles. The summed E-state index contributed by atoms with van der Waals surface area (Å²) in [7, 11) is 0. The van der Waals surface area contributed by atoms with Crippen molar-refractivity contribution >= 4 is 22.0 Å². The highest BCUT2D eigenvalue weighted by Crippen LogP contribution is 2.26. The van der Waals surface area contributed by atoms with Gasteiger partial charge in [0, 0.05) is 11.6 Å². The molecule has 0 aliphatic rings. The van der Waals surface area contributed by atoms with Crippen molar-refractivity contribution in [2.45, 2.75) is 0 Å². The summed E-state index contributed by atoms with van der Waals surface area (Å²) in [5.74, 6) is 0.376. The molecule has 110 valence electrons. The first-order valence-corrected chi connectivity index (χ1v) is 6.85. The molecule has 0 aliphatic heterocycles. The van der Waals surface area contributed by atoms with Crippen molar-refractivity contribution in [3.63, 3.8) is 0 Å². The molecule has 2 aromatic heterocycles. The van der Waals surface area contributed by atoms with Crippen LogP contribution in [0, 0.1) is 11.3 Å². The second-order valence-corrected chi connectivity index (χ2v) is 5.11. The molecule has 0 saturated heterocycles. The molecule has 0 fully saturated rings. The zero-order chi connectivity index (χ0) is 16.0. The van der Waals surface area contributed by atoms with Gasteiger partial charge in [-0.05, 0) is 36.4 Å². The topological polar surface area (TPSA) is 103 Å². The average molecular weight is 303 g/mol. The lowest BCUT2D eigenvalue weighted by Crippen LogP contribution is -2.01. The quantitative estimate of drug-likeness (QED) is 0.564. The molecular weight excluding hydrogens is 294 g/mol. The van der Waals surface area contributed by atoms with E-state index in [-0.39, 0.29) is 11.1 Å². The first kappa shape index (κ1) is 13.1. The Labute approximate surface area is 128 Å². The molecular formula is C17H9N3O3. The van der Waals surface area contributed by atoms with Crippen LogP contribution in [0.1, 0.15) is 5.56 Å². The molecule has 6 nitrogen and oxygen atoms in total. The number of nitrogens with zero attached hydrogens (tertiary/aromatic N) is 1. The largest absolute Gasteiger partial charge is 0.454 e. The number of aromatic nitrogens is 2. The predicted molar refractivity (Wildman–Crippen MR) is 85.1 cm³/mol. The van der Waals surface area contributed by atoms with E-state index in [1.165, 1.54) is 6.07 Å². The summed E-state index contributed by atoms with van der Waals surface area (Å²) in [6.45, 7) is 0. The lowest BCUT2D eigenvalue weighted by atomic mass is 10.1. The van der Waals surface area contributed by atoms with Crippen LogP contribution in [-0.4, -0.2) is 9.97 Å². The summed E-state index contributed by atoms with van der Waals surface area (Å²) in [4.78, 5) is 29.1. The number of hydrogen-bond donors (Lipinski definition) is 2. The van der Waals surface area contributed by atoms with E-state index in [0.717, 1.165) is 0 Å². The van der Waals surface area contributed by atoms with E-state index < -0.39 is 0 Å². The fourth-order valence-electron chi connectivity index (χ4n) is 2.57. The minimum atomic E-state index is -0.362. The molecule has 4 rings (SSSR count). The van der Waals surface area contributed by atoms with Crippen molar-refractivity contribution in [3.05, 3.63) is 68.7 Å². The third-order valence-electron chi connectivity index (χ3n) is 3.68. The maximum absolute atomic E-state index is 12.3. The molecule has 0 radical (unpaired) electrons. The Morgan fingerprint density at radius 2 is 1.78 bits per heavy atom. The second-order valence-electron chi connectivity index (χ2n) is 5.11. The zero-order valence-corrected chi connectivity index (χ0v) is 11.7. The normalized spacial score (nSPS) is 10.9. The molecule has 0 spiro atoms. The Kier molecular flexibility index (Phi) is 2.68. The number of hydrogen-bond acceptors (Lipinski definition) is 4. The van der Waals surface area contributed by atoms with Crippen LogP contribution in [0.2, 0.25) is 0 Å². The molecule has 4 aromatic rings. The first-order chi connectivity index (χ1) is 11.2. The number of fused-ring (bicyclic) bond motifs is 3. The summed E-state index contributed by atoms with van der Waals surface area (Å²) < 4.78 is 5.86. The Bertz CT molecular complexity index is 1200. The number of H-pyrrole nitrogens is 2. The molecule has 6 heteroatoms. The van der Waals surface area contributed by atoms with E-state index in [1.807, 2.05) is 6.07 Å². The molecule has 0 saturated carbocycles. The Morgan fingerprint density at radius 3 is 2.52 bits per heavy atom. The number of imidazole rings is 1. The minimum Gasteiger partial charge on any atom is -0.454 e. The van der Waals surface area contributed by atoms with Crippen LogP contribution in [0.5, 0.6) is 0 Å². The third kappa shape index (κ3) is 2.03. The standard InChI is InChI=1S/C17H9N3O3/c18-8-9-1-3-10(4-2-9)14-7-13(21)11-5-6-12-15(16(11)23-14)20-17(22)19-12/h1-7H,(H2,19,20,22). The maximum Gasteiger partial charge on any atom is 0.323 e. The van der Waals surface area contributed by atoms with Crippen molar-refractivity contribution in [1.82, 2.24) is 9.97 Å². The van der Waals surface area contributed by atoms with E-state index in [9.17, 15) is 9.59 Å². The summed E-state index contributed by atoms with van der Waals surface area (Å²) in [6.07, 6.45) is 0. The van der Waals surface area contributed by atoms with Gasteiger partial charge in [-0.1, -0.05) is 0 Å². The van der Waals surface area contributed by atoms with Crippen LogP contribution in [0.25, 0.3) is 33.3 Å². The Balaban J connectivity index is 2.04. The van der Waals surface area contributed by atoms with Gasteiger partial charge in [0.2, 0.25) is 0 Å². The average Bonchev–Trinajstić information content (AvgIpc) is 2.95. The van der Waals surface area contributed by atoms with Gasteiger partial charge in [0.25, 0.3) is 0 Å². The van der Waals surface area contributed by atoms with Gasteiger partial charge in [0.05, 0.1) is 22.5 Å². The fourth-order valence-corrected chi connectivity index (χ4v) is 2.57. The molecule has 0 aliphatic carbocycles. The van der Waals surface area contributed by atoms with Gasteiger partial charge in [-0.15, -0.1) is 0 Å². The van der Waals surface area contributed by atoms with E-state index in [2.05, 4.69) is 9.97 Å².